The van der Waals surface area contributed by atoms with Gasteiger partial charge in [0.15, 0.2) is 0 Å². The molecule has 6 heteroatoms. The number of phenolic OH excluding ortho intramolecular Hbond substituents is 2. The molecule has 3 aromatic carbocycles. The van der Waals surface area contributed by atoms with Crippen molar-refractivity contribution in [1.82, 2.24) is 9.36 Å². The molecule has 6 nitrogen and oxygen atoms in total. The van der Waals surface area contributed by atoms with Crippen LogP contribution in [-0.2, 0) is 7.05 Å². The number of benzene rings is 3. The van der Waals surface area contributed by atoms with E-state index >= 15 is 0 Å². The van der Waals surface area contributed by atoms with Gasteiger partial charge in [0, 0.05) is 23.5 Å². The number of para-hydroxylation sites is 1. The van der Waals surface area contributed by atoms with E-state index in [1.807, 2.05) is 44.3 Å². The van der Waals surface area contributed by atoms with Gasteiger partial charge in [-0.15, -0.1) is 0 Å². The lowest BCUT2D eigenvalue weighted by Crippen LogP contribution is -2.20. The maximum Gasteiger partial charge on any atom is 0.295 e. The molecule has 0 saturated heterocycles. The molecule has 0 radical (unpaired) electrons. The molecular weight excluding hydrogens is 342 g/mol. The van der Waals surface area contributed by atoms with E-state index in [4.69, 9.17) is 0 Å². The Labute approximate surface area is 155 Å². The van der Waals surface area contributed by atoms with Gasteiger partial charge < -0.3 is 15.5 Å². The summed E-state index contributed by atoms with van der Waals surface area (Å²) in [4.78, 5) is 13.1. The highest BCUT2D eigenvalue weighted by Gasteiger charge is 2.17. The topological polar surface area (TPSA) is 79.4 Å². The zero-order valence-corrected chi connectivity index (χ0v) is 15.0. The molecule has 0 spiro atoms. The molecule has 4 rings (SSSR count). The Morgan fingerprint density at radius 3 is 2.41 bits per heavy atom. The predicted molar refractivity (Wildman–Crippen MR) is 106 cm³/mol. The molecule has 1 aromatic heterocycles. The molecule has 27 heavy (non-hydrogen) atoms. The Morgan fingerprint density at radius 1 is 0.926 bits per heavy atom. The summed E-state index contributed by atoms with van der Waals surface area (Å²) in [6, 6.07) is 17.4. The van der Waals surface area contributed by atoms with E-state index < -0.39 is 0 Å². The first-order valence-electron chi connectivity index (χ1n) is 8.53. The summed E-state index contributed by atoms with van der Waals surface area (Å²) in [6.07, 6.45) is 0. The van der Waals surface area contributed by atoms with E-state index in [0.717, 1.165) is 11.4 Å². The van der Waals surface area contributed by atoms with Gasteiger partial charge in [-0.1, -0.05) is 18.2 Å². The largest absolute Gasteiger partial charge is 0.508 e. The normalized spacial score (nSPS) is 11.0. The Balaban J connectivity index is 1.87. The Morgan fingerprint density at radius 2 is 1.67 bits per heavy atom. The molecule has 0 bridgehead atoms. The lowest BCUT2D eigenvalue weighted by molar-refractivity contribution is 0.471. The minimum atomic E-state index is -0.166. The molecule has 0 unspecified atom stereocenters. The first-order valence-corrected chi connectivity index (χ1v) is 8.53. The molecule has 0 aliphatic heterocycles. The second kappa shape index (κ2) is 6.25. The molecular formula is C21H19N3O3. The second-order valence-electron chi connectivity index (χ2n) is 6.42. The molecule has 0 atom stereocenters. The molecule has 136 valence electrons. The van der Waals surface area contributed by atoms with Crippen LogP contribution in [0.1, 0.15) is 5.69 Å². The molecule has 0 fully saturated rings. The van der Waals surface area contributed by atoms with E-state index in [1.165, 1.54) is 12.1 Å². The summed E-state index contributed by atoms with van der Waals surface area (Å²) in [7, 11) is 1.84. The van der Waals surface area contributed by atoms with Crippen LogP contribution < -0.4 is 10.9 Å². The molecule has 0 aliphatic rings. The Kier molecular flexibility index (Phi) is 3.88. The SMILES string of the molecule is Cc1c(Nc2ccc(O)c3cc(O)ccc23)c(=O)n(-c2ccccc2)n1C. The van der Waals surface area contributed by atoms with Crippen molar-refractivity contribution in [3.63, 3.8) is 0 Å². The van der Waals surface area contributed by atoms with Crippen LogP contribution >= 0.6 is 0 Å². The molecule has 0 saturated carbocycles. The summed E-state index contributed by atoms with van der Waals surface area (Å²) in [5.41, 5.74) is 2.53. The molecule has 0 aliphatic carbocycles. The van der Waals surface area contributed by atoms with Crippen LogP contribution in [0.2, 0.25) is 0 Å². The highest BCUT2D eigenvalue weighted by molar-refractivity contribution is 5.99. The fourth-order valence-electron chi connectivity index (χ4n) is 3.28. The summed E-state index contributed by atoms with van der Waals surface area (Å²) < 4.78 is 3.40. The first-order chi connectivity index (χ1) is 13.0. The maximum atomic E-state index is 13.1. The van der Waals surface area contributed by atoms with Crippen molar-refractivity contribution >= 4 is 22.1 Å². The van der Waals surface area contributed by atoms with Crippen LogP contribution in [0, 0.1) is 6.92 Å². The van der Waals surface area contributed by atoms with Gasteiger partial charge in [0.2, 0.25) is 0 Å². The molecule has 3 N–H and O–H groups in total. The van der Waals surface area contributed by atoms with Crippen molar-refractivity contribution in [2.75, 3.05) is 5.32 Å². The smallest absolute Gasteiger partial charge is 0.295 e. The fourth-order valence-corrected chi connectivity index (χ4v) is 3.28. The van der Waals surface area contributed by atoms with Crippen LogP contribution in [0.5, 0.6) is 11.5 Å². The molecule has 0 amide bonds. The average Bonchev–Trinajstić information content (AvgIpc) is 2.88. The third kappa shape index (κ3) is 2.71. The van der Waals surface area contributed by atoms with Crippen LogP contribution in [0.25, 0.3) is 16.5 Å². The number of aromatic hydroxyl groups is 2. The van der Waals surface area contributed by atoms with Gasteiger partial charge in [-0.05, 0) is 49.4 Å². The van der Waals surface area contributed by atoms with Gasteiger partial charge >= 0.3 is 0 Å². The van der Waals surface area contributed by atoms with Crippen LogP contribution in [0.15, 0.2) is 65.5 Å². The van der Waals surface area contributed by atoms with Gasteiger partial charge in [0.05, 0.1) is 11.4 Å². The predicted octanol–water partition coefficient (Wildman–Crippen LogP) is 3.79. The summed E-state index contributed by atoms with van der Waals surface area (Å²) in [5, 5.41) is 24.2. The van der Waals surface area contributed by atoms with Gasteiger partial charge in [-0.25, -0.2) is 4.68 Å². The Hall–Kier alpha value is -3.67. The zero-order chi connectivity index (χ0) is 19.1. The lowest BCUT2D eigenvalue weighted by Gasteiger charge is -2.10. The number of rotatable bonds is 3. The number of hydrogen-bond donors (Lipinski definition) is 3. The fraction of sp³-hybridized carbons (Fsp3) is 0.0952. The molecule has 1 heterocycles. The number of fused-ring (bicyclic) bond motifs is 1. The number of nitrogens with zero attached hydrogens (tertiary/aromatic N) is 2. The maximum absolute atomic E-state index is 13.1. The zero-order valence-electron chi connectivity index (χ0n) is 15.0. The van der Waals surface area contributed by atoms with Gasteiger partial charge in [0.1, 0.15) is 17.2 Å². The highest BCUT2D eigenvalue weighted by Crippen LogP contribution is 2.34. The number of phenols is 2. The highest BCUT2D eigenvalue weighted by atomic mass is 16.3. The number of nitrogens with one attached hydrogen (secondary N) is 1. The minimum absolute atomic E-state index is 0.0669. The standard InChI is InChI=1S/C21H19N3O3/c1-13-20(21(27)24(23(13)2)14-6-4-3-5-7-14)22-18-10-11-19(26)17-12-15(25)8-9-16(17)18/h3-12,22,25-26H,1-2H3. The lowest BCUT2D eigenvalue weighted by atomic mass is 10.1. The van der Waals surface area contributed by atoms with Gasteiger partial charge in [-0.3, -0.25) is 9.48 Å². The molecule has 4 aromatic rings. The monoisotopic (exact) mass is 361 g/mol. The third-order valence-corrected chi connectivity index (χ3v) is 4.79. The van der Waals surface area contributed by atoms with Crippen LogP contribution in [-0.4, -0.2) is 19.6 Å². The van der Waals surface area contributed by atoms with Crippen molar-refractivity contribution in [1.29, 1.82) is 0 Å². The van der Waals surface area contributed by atoms with Crippen molar-refractivity contribution < 1.29 is 10.2 Å². The first kappa shape index (κ1) is 16.8. The second-order valence-corrected chi connectivity index (χ2v) is 6.42. The van der Waals surface area contributed by atoms with E-state index in [1.54, 1.807) is 27.6 Å². The van der Waals surface area contributed by atoms with Crippen molar-refractivity contribution in [2.24, 2.45) is 7.05 Å². The third-order valence-electron chi connectivity index (χ3n) is 4.79. The minimum Gasteiger partial charge on any atom is -0.508 e. The van der Waals surface area contributed by atoms with Crippen molar-refractivity contribution in [3.8, 4) is 17.2 Å². The van der Waals surface area contributed by atoms with Crippen molar-refractivity contribution in [3.05, 3.63) is 76.7 Å². The van der Waals surface area contributed by atoms with E-state index in [9.17, 15) is 15.0 Å². The summed E-state index contributed by atoms with van der Waals surface area (Å²) >= 11 is 0. The van der Waals surface area contributed by atoms with E-state index in [2.05, 4.69) is 5.32 Å². The summed E-state index contributed by atoms with van der Waals surface area (Å²) in [5.74, 6) is 0.134. The summed E-state index contributed by atoms with van der Waals surface area (Å²) in [6.45, 7) is 1.87. The van der Waals surface area contributed by atoms with Crippen LogP contribution in [0.3, 0.4) is 0 Å². The average molecular weight is 361 g/mol. The van der Waals surface area contributed by atoms with Crippen molar-refractivity contribution in [2.45, 2.75) is 6.92 Å². The number of anilines is 2. The Bertz CT molecular complexity index is 1210. The van der Waals surface area contributed by atoms with E-state index in [0.29, 0.717) is 22.1 Å². The number of hydrogen-bond acceptors (Lipinski definition) is 4. The van der Waals surface area contributed by atoms with Gasteiger partial charge in [-0.2, -0.15) is 0 Å². The van der Waals surface area contributed by atoms with Gasteiger partial charge in [0.25, 0.3) is 5.56 Å². The quantitative estimate of drug-likeness (QED) is 0.485. The van der Waals surface area contributed by atoms with Crippen LogP contribution in [0.4, 0.5) is 11.4 Å². The van der Waals surface area contributed by atoms with E-state index in [-0.39, 0.29) is 17.1 Å². The number of aromatic nitrogens is 2.